The first-order valence-electron chi connectivity index (χ1n) is 4.99. The summed E-state index contributed by atoms with van der Waals surface area (Å²) >= 11 is 14.4. The molecule has 5 nitrogen and oxygen atoms in total. The Balaban J connectivity index is 0.000000399. The summed E-state index contributed by atoms with van der Waals surface area (Å²) in [6, 6.07) is 9.08. The number of carboxylic acids is 1. The molecule has 1 rings (SSSR count). The Morgan fingerprint density at radius 2 is 1.53 bits per heavy atom. The molecule has 106 valence electrons. The maximum Gasteiger partial charge on any atom is 0.418 e. The Bertz CT molecular complexity index is 444. The van der Waals surface area contributed by atoms with E-state index in [1.54, 1.807) is 14.1 Å². The lowest BCUT2D eigenvalue weighted by atomic mass is 10.3. The average molecular weight is 329 g/mol. The van der Waals surface area contributed by atoms with Crippen molar-refractivity contribution in [1.82, 2.24) is 4.48 Å². The van der Waals surface area contributed by atoms with Gasteiger partial charge in [0, 0.05) is 0 Å². The molecule has 3 N–H and O–H groups in total. The van der Waals surface area contributed by atoms with Gasteiger partial charge in [-0.3, -0.25) is 0 Å². The van der Waals surface area contributed by atoms with Crippen molar-refractivity contribution in [2.24, 2.45) is 5.73 Å². The molecule has 0 heterocycles. The summed E-state index contributed by atoms with van der Waals surface area (Å²) < 4.78 is -2.08. The summed E-state index contributed by atoms with van der Waals surface area (Å²) in [5.41, 5.74) is 6.13. The van der Waals surface area contributed by atoms with Gasteiger partial charge in [0.2, 0.25) is 0 Å². The number of quaternary nitrogens is 1. The van der Waals surface area contributed by atoms with Crippen LogP contribution in [0.4, 0.5) is 10.5 Å². The van der Waals surface area contributed by atoms with Crippen molar-refractivity contribution in [2.75, 3.05) is 14.1 Å². The van der Waals surface area contributed by atoms with E-state index in [1.165, 1.54) is 0 Å². The number of carbonyl (C=O) groups excluding carboxylic acids is 1. The number of halogens is 3. The van der Waals surface area contributed by atoms with Gasteiger partial charge < -0.3 is 10.8 Å². The zero-order valence-electron chi connectivity index (χ0n) is 10.3. The van der Waals surface area contributed by atoms with Gasteiger partial charge in [-0.1, -0.05) is 53.0 Å². The number of nitrogens with two attached hydrogens (primary N) is 1. The molecule has 0 unspecified atom stereocenters. The first-order chi connectivity index (χ1) is 8.49. The van der Waals surface area contributed by atoms with Crippen molar-refractivity contribution in [3.8, 4) is 0 Å². The Hall–Kier alpha value is -1.01. The largest absolute Gasteiger partial charge is 0.478 e. The van der Waals surface area contributed by atoms with Crippen LogP contribution >= 0.6 is 34.8 Å². The normalized spacial score (nSPS) is 11.2. The predicted octanol–water partition coefficient (Wildman–Crippen LogP) is 2.77. The minimum atomic E-state index is -2.17. The van der Waals surface area contributed by atoms with Gasteiger partial charge in [0.15, 0.2) is 0 Å². The molecule has 0 spiro atoms. The van der Waals surface area contributed by atoms with Crippen molar-refractivity contribution < 1.29 is 14.7 Å². The molecule has 0 aliphatic rings. The first kappa shape index (κ1) is 18.0. The second-order valence-corrected chi connectivity index (χ2v) is 6.21. The van der Waals surface area contributed by atoms with Gasteiger partial charge in [-0.2, -0.15) is 0 Å². The number of amides is 2. The molecule has 2 amide bonds. The second-order valence-electron chi connectivity index (χ2n) is 3.93. The average Bonchev–Trinajstić information content (AvgIpc) is 2.29. The maximum absolute atomic E-state index is 11.0. The Labute approximate surface area is 126 Å². The first-order valence-corrected chi connectivity index (χ1v) is 6.12. The van der Waals surface area contributed by atoms with Gasteiger partial charge in [0.05, 0.1) is 14.1 Å². The van der Waals surface area contributed by atoms with E-state index in [9.17, 15) is 9.59 Å². The van der Waals surface area contributed by atoms with Gasteiger partial charge in [-0.25, -0.2) is 14.1 Å². The highest BCUT2D eigenvalue weighted by Crippen LogP contribution is 2.25. The van der Waals surface area contributed by atoms with E-state index < -0.39 is 9.76 Å². The monoisotopic (exact) mass is 327 g/mol. The third-order valence-electron chi connectivity index (χ3n) is 2.20. The zero-order valence-corrected chi connectivity index (χ0v) is 12.6. The molecule has 1 aromatic rings. The lowest BCUT2D eigenvalue weighted by Gasteiger charge is -2.23. The molecular weight excluding hydrogens is 314 g/mol. The number of nitrogens with zero attached hydrogens (tertiary/aromatic N) is 1. The minimum absolute atomic E-state index is 0.0842. The van der Waals surface area contributed by atoms with Crippen LogP contribution in [0.3, 0.4) is 0 Å². The van der Waals surface area contributed by atoms with E-state index in [0.29, 0.717) is 0 Å². The van der Waals surface area contributed by atoms with Crippen LogP contribution in [0.2, 0.25) is 0 Å². The van der Waals surface area contributed by atoms with Crippen molar-refractivity contribution in [1.29, 1.82) is 0 Å². The van der Waals surface area contributed by atoms with Crippen LogP contribution in [0.1, 0.15) is 0 Å². The van der Waals surface area contributed by atoms with Crippen molar-refractivity contribution >= 4 is 52.5 Å². The summed E-state index contributed by atoms with van der Waals surface area (Å²) in [5.74, 6) is -1.46. The highest BCUT2D eigenvalue weighted by Gasteiger charge is 2.29. The molecule has 0 saturated carbocycles. The highest BCUT2D eigenvalue weighted by atomic mass is 35.6. The number of para-hydroxylation sites is 1. The second kappa shape index (κ2) is 6.96. The fourth-order valence-electron chi connectivity index (χ4n) is 0.928. The lowest BCUT2D eigenvalue weighted by molar-refractivity contribution is -0.135. The topological polar surface area (TPSA) is 80.4 Å². The Morgan fingerprint density at radius 3 is 1.79 bits per heavy atom. The van der Waals surface area contributed by atoms with E-state index in [0.717, 1.165) is 5.69 Å². The van der Waals surface area contributed by atoms with E-state index >= 15 is 0 Å². The number of rotatable bonds is 1. The van der Waals surface area contributed by atoms with Crippen LogP contribution in [0, 0.1) is 0 Å². The summed E-state index contributed by atoms with van der Waals surface area (Å²) in [6.07, 6.45) is 0. The highest BCUT2D eigenvalue weighted by molar-refractivity contribution is 6.75. The van der Waals surface area contributed by atoms with Crippen molar-refractivity contribution in [2.45, 2.75) is 3.79 Å². The van der Waals surface area contributed by atoms with E-state index in [4.69, 9.17) is 45.6 Å². The number of benzene rings is 1. The number of primary amides is 1. The molecule has 8 heteroatoms. The molecule has 0 atom stereocenters. The molecule has 0 saturated heterocycles. The number of alkyl halides is 3. The summed E-state index contributed by atoms with van der Waals surface area (Å²) in [5, 5.41) is 7.85. The van der Waals surface area contributed by atoms with Crippen LogP contribution in [0.25, 0.3) is 0 Å². The Kier molecular flexibility index (Phi) is 6.59. The standard InChI is InChI=1S/C9H12N2O.C2HCl3O2/c1-11(2,9(10)12)8-6-4-3-5-7-8;3-2(4,5)1(6)7/h3-7H,1-2H3,(H-,10,12);(H,6,7)/p+1. The predicted molar refractivity (Wildman–Crippen MR) is 77.6 cm³/mol. The van der Waals surface area contributed by atoms with Crippen molar-refractivity contribution in [3.05, 3.63) is 30.3 Å². The molecule has 0 fully saturated rings. The summed E-state index contributed by atoms with van der Waals surface area (Å²) in [4.78, 5) is 20.6. The quantitative estimate of drug-likeness (QED) is 0.614. The molecule has 0 radical (unpaired) electrons. The third-order valence-corrected chi connectivity index (χ3v) is 2.68. The van der Waals surface area contributed by atoms with Gasteiger partial charge in [-0.05, 0) is 12.1 Å². The Morgan fingerprint density at radius 1 is 1.16 bits per heavy atom. The van der Waals surface area contributed by atoms with Crippen LogP contribution in [0.5, 0.6) is 0 Å². The lowest BCUT2D eigenvalue weighted by Crippen LogP contribution is -2.50. The number of hydrogen-bond acceptors (Lipinski definition) is 2. The molecule has 0 aromatic heterocycles. The van der Waals surface area contributed by atoms with E-state index in [1.807, 2.05) is 30.3 Å². The molecule has 0 aliphatic heterocycles. The third kappa shape index (κ3) is 6.11. The van der Waals surface area contributed by atoms with Crippen LogP contribution in [0.15, 0.2) is 30.3 Å². The van der Waals surface area contributed by atoms with Gasteiger partial charge in [0.25, 0.3) is 3.79 Å². The van der Waals surface area contributed by atoms with Crippen LogP contribution in [-0.4, -0.2) is 35.0 Å². The zero-order chi connectivity index (χ0) is 15.3. The summed E-state index contributed by atoms with van der Waals surface area (Å²) in [7, 11) is 3.52. The SMILES string of the molecule is C[N+](C)(C(N)=O)c1ccccc1.O=C(O)C(Cl)(Cl)Cl. The van der Waals surface area contributed by atoms with Crippen LogP contribution < -0.4 is 10.2 Å². The van der Waals surface area contributed by atoms with Crippen LogP contribution in [-0.2, 0) is 4.79 Å². The molecule has 1 aromatic carbocycles. The van der Waals surface area contributed by atoms with Gasteiger partial charge >= 0.3 is 12.0 Å². The van der Waals surface area contributed by atoms with Crippen molar-refractivity contribution in [3.63, 3.8) is 0 Å². The van der Waals surface area contributed by atoms with Gasteiger partial charge in [-0.15, -0.1) is 0 Å². The maximum atomic E-state index is 11.0. The summed E-state index contributed by atoms with van der Waals surface area (Å²) in [6.45, 7) is 0. The molecule has 19 heavy (non-hydrogen) atoms. The molecule has 0 bridgehead atoms. The number of aliphatic carboxylic acids is 1. The number of carboxylic acid groups (broad SMARTS) is 1. The molecular formula is C11H14Cl3N2O3+. The van der Waals surface area contributed by atoms with Gasteiger partial charge in [0.1, 0.15) is 5.69 Å². The van der Waals surface area contributed by atoms with E-state index in [-0.39, 0.29) is 10.5 Å². The van der Waals surface area contributed by atoms with E-state index in [2.05, 4.69) is 0 Å². The number of urea groups is 1. The smallest absolute Gasteiger partial charge is 0.418 e. The number of carbonyl (C=O) groups is 2. The fourth-order valence-corrected chi connectivity index (χ4v) is 0.928. The minimum Gasteiger partial charge on any atom is -0.478 e. The fraction of sp³-hybridized carbons (Fsp3) is 0.273. The molecule has 0 aliphatic carbocycles. The number of hydrogen-bond donors (Lipinski definition) is 2.